The Morgan fingerprint density at radius 2 is 1.87 bits per heavy atom. The van der Waals surface area contributed by atoms with E-state index in [1.54, 1.807) is 24.3 Å². The van der Waals surface area contributed by atoms with Gasteiger partial charge in [0.25, 0.3) is 0 Å². The number of benzene rings is 2. The number of ether oxygens (including phenoxy) is 3. The van der Waals surface area contributed by atoms with Crippen molar-refractivity contribution in [2.45, 2.75) is 19.8 Å². The summed E-state index contributed by atoms with van der Waals surface area (Å²) < 4.78 is 30.2. The first-order valence-electron chi connectivity index (χ1n) is 9.84. The van der Waals surface area contributed by atoms with Gasteiger partial charge in [0.15, 0.2) is 6.61 Å². The molecule has 8 heteroatoms. The second kappa shape index (κ2) is 10.4. The molecular weight excluding hydrogens is 403 g/mol. The van der Waals surface area contributed by atoms with Crippen molar-refractivity contribution in [3.05, 3.63) is 66.1 Å². The summed E-state index contributed by atoms with van der Waals surface area (Å²) in [7, 11) is 1.54. The smallest absolute Gasteiger partial charge is 0.344 e. The van der Waals surface area contributed by atoms with Crippen molar-refractivity contribution in [3.63, 3.8) is 0 Å². The lowest BCUT2D eigenvalue weighted by Crippen LogP contribution is -2.17. The molecule has 31 heavy (non-hydrogen) atoms. The average molecular weight is 426 g/mol. The molecule has 0 radical (unpaired) electrons. The fourth-order valence-electron chi connectivity index (χ4n) is 2.81. The molecule has 1 heterocycles. The summed E-state index contributed by atoms with van der Waals surface area (Å²) >= 11 is 0. The van der Waals surface area contributed by atoms with Gasteiger partial charge in [-0.05, 0) is 42.8 Å². The second-order valence-corrected chi connectivity index (χ2v) is 6.69. The van der Waals surface area contributed by atoms with E-state index in [0.29, 0.717) is 22.7 Å². The molecular formula is C23H23FN2O5. The Kier molecular flexibility index (Phi) is 7.37. The maximum atomic E-state index is 13.3. The summed E-state index contributed by atoms with van der Waals surface area (Å²) in [6.45, 7) is 1.76. The number of nitrogens with zero attached hydrogens (tertiary/aromatic N) is 2. The highest BCUT2D eigenvalue weighted by atomic mass is 19.1. The van der Waals surface area contributed by atoms with Gasteiger partial charge in [-0.1, -0.05) is 25.5 Å². The number of hydrogen-bond acceptors (Lipinski definition) is 6. The van der Waals surface area contributed by atoms with E-state index in [1.807, 2.05) is 6.92 Å². The number of carbonyl (C=O) groups is 2. The quantitative estimate of drug-likeness (QED) is 0.377. The van der Waals surface area contributed by atoms with E-state index >= 15 is 0 Å². The molecule has 0 aliphatic heterocycles. The van der Waals surface area contributed by atoms with Gasteiger partial charge in [0.2, 0.25) is 0 Å². The first-order valence-corrected chi connectivity index (χ1v) is 9.84. The molecule has 0 bridgehead atoms. The molecule has 3 aromatic rings. The van der Waals surface area contributed by atoms with Gasteiger partial charge in [0.05, 0.1) is 19.4 Å². The van der Waals surface area contributed by atoms with Crippen LogP contribution < -0.4 is 4.74 Å². The van der Waals surface area contributed by atoms with E-state index in [-0.39, 0.29) is 18.0 Å². The van der Waals surface area contributed by atoms with Crippen molar-refractivity contribution in [3.8, 4) is 22.7 Å². The number of halogens is 1. The van der Waals surface area contributed by atoms with Gasteiger partial charge < -0.3 is 14.2 Å². The summed E-state index contributed by atoms with van der Waals surface area (Å²) in [6, 6.07) is 12.7. The van der Waals surface area contributed by atoms with Crippen LogP contribution in [0, 0.1) is 5.82 Å². The van der Waals surface area contributed by atoms with Crippen LogP contribution in [0.2, 0.25) is 0 Å². The van der Waals surface area contributed by atoms with Gasteiger partial charge in [-0.3, -0.25) is 0 Å². The summed E-state index contributed by atoms with van der Waals surface area (Å²) in [6.07, 6.45) is 3.11. The minimum Gasteiger partial charge on any atom is -0.497 e. The van der Waals surface area contributed by atoms with Gasteiger partial charge in [-0.25, -0.2) is 18.7 Å². The second-order valence-electron chi connectivity index (χ2n) is 6.69. The fourth-order valence-corrected chi connectivity index (χ4v) is 2.81. The lowest BCUT2D eigenvalue weighted by atomic mass is 10.1. The average Bonchev–Trinajstić information content (AvgIpc) is 3.24. The lowest BCUT2D eigenvalue weighted by Gasteiger charge is -2.06. The van der Waals surface area contributed by atoms with Crippen LogP contribution in [0.3, 0.4) is 0 Å². The van der Waals surface area contributed by atoms with Crippen LogP contribution in [0.5, 0.6) is 5.75 Å². The molecule has 0 N–H and O–H groups in total. The predicted octanol–water partition coefficient (Wildman–Crippen LogP) is 4.19. The topological polar surface area (TPSA) is 79.7 Å². The van der Waals surface area contributed by atoms with Crippen molar-refractivity contribution < 1.29 is 28.2 Å². The zero-order valence-corrected chi connectivity index (χ0v) is 17.3. The third-order valence-corrected chi connectivity index (χ3v) is 4.45. The third-order valence-electron chi connectivity index (χ3n) is 4.45. The minimum atomic E-state index is -0.723. The van der Waals surface area contributed by atoms with E-state index in [2.05, 4.69) is 5.10 Å². The summed E-state index contributed by atoms with van der Waals surface area (Å²) in [5.74, 6) is -1.13. The largest absolute Gasteiger partial charge is 0.497 e. The number of methoxy groups -OCH3 is 1. The van der Waals surface area contributed by atoms with Gasteiger partial charge in [-0.2, -0.15) is 5.10 Å². The zero-order valence-electron chi connectivity index (χ0n) is 17.3. The maximum absolute atomic E-state index is 13.3. The lowest BCUT2D eigenvalue weighted by molar-refractivity contribution is -0.147. The third kappa shape index (κ3) is 5.69. The maximum Gasteiger partial charge on any atom is 0.344 e. The van der Waals surface area contributed by atoms with Crippen LogP contribution in [0.4, 0.5) is 4.39 Å². The van der Waals surface area contributed by atoms with Crippen molar-refractivity contribution >= 4 is 11.9 Å². The molecule has 2 aromatic carbocycles. The molecule has 0 spiro atoms. The van der Waals surface area contributed by atoms with Gasteiger partial charge in [-0.15, -0.1) is 0 Å². The van der Waals surface area contributed by atoms with Crippen molar-refractivity contribution in [1.29, 1.82) is 0 Å². The molecule has 0 atom stereocenters. The molecule has 0 aliphatic rings. The fraction of sp³-hybridized carbons (Fsp3) is 0.261. The SMILES string of the molecule is CCCCOC(=O)COC(=O)c1cn(-c2ccc(F)cc2)nc1-c1cccc(OC)c1. The Balaban J connectivity index is 1.88. The highest BCUT2D eigenvalue weighted by Gasteiger charge is 2.21. The van der Waals surface area contributed by atoms with Crippen LogP contribution in [0.25, 0.3) is 16.9 Å². The van der Waals surface area contributed by atoms with E-state index < -0.39 is 18.5 Å². The number of aromatic nitrogens is 2. The standard InChI is InChI=1S/C23H23FN2O5/c1-3-4-12-30-21(27)15-31-23(28)20-14-26(18-10-8-17(24)9-11-18)25-22(20)16-6-5-7-19(13-16)29-2/h5-11,13-14H,3-4,12,15H2,1-2H3. The van der Waals surface area contributed by atoms with Crippen molar-refractivity contribution in [2.24, 2.45) is 0 Å². The minimum absolute atomic E-state index is 0.152. The molecule has 3 rings (SSSR count). The molecule has 162 valence electrons. The Bertz CT molecular complexity index is 1050. The van der Waals surface area contributed by atoms with Gasteiger partial charge in [0, 0.05) is 11.8 Å². The molecule has 0 amide bonds. The highest BCUT2D eigenvalue weighted by molar-refractivity contribution is 5.97. The van der Waals surface area contributed by atoms with Crippen LogP contribution in [0.1, 0.15) is 30.1 Å². The monoisotopic (exact) mass is 426 g/mol. The first kappa shape index (κ1) is 22.0. The van der Waals surface area contributed by atoms with Crippen LogP contribution in [0.15, 0.2) is 54.7 Å². The number of esters is 2. The molecule has 7 nitrogen and oxygen atoms in total. The Morgan fingerprint density at radius 3 is 2.58 bits per heavy atom. The highest BCUT2D eigenvalue weighted by Crippen LogP contribution is 2.27. The van der Waals surface area contributed by atoms with E-state index in [0.717, 1.165) is 12.8 Å². The molecule has 0 unspecified atom stereocenters. The van der Waals surface area contributed by atoms with Gasteiger partial charge >= 0.3 is 11.9 Å². The van der Waals surface area contributed by atoms with E-state index in [1.165, 1.54) is 42.3 Å². The predicted molar refractivity (Wildman–Crippen MR) is 112 cm³/mol. The normalized spacial score (nSPS) is 10.5. The summed E-state index contributed by atoms with van der Waals surface area (Å²) in [5.41, 5.74) is 1.67. The number of hydrogen-bond donors (Lipinski definition) is 0. The van der Waals surface area contributed by atoms with Crippen LogP contribution in [-0.4, -0.2) is 42.0 Å². The van der Waals surface area contributed by atoms with E-state index in [9.17, 15) is 14.0 Å². The van der Waals surface area contributed by atoms with Crippen molar-refractivity contribution in [1.82, 2.24) is 9.78 Å². The van der Waals surface area contributed by atoms with Gasteiger partial charge in [0.1, 0.15) is 22.8 Å². The molecule has 0 fully saturated rings. The summed E-state index contributed by atoms with van der Waals surface area (Å²) in [4.78, 5) is 24.5. The Hall–Kier alpha value is -3.68. The first-order chi connectivity index (χ1) is 15.0. The Labute approximate surface area is 179 Å². The number of unbranched alkanes of at least 4 members (excludes halogenated alkanes) is 1. The van der Waals surface area contributed by atoms with Crippen molar-refractivity contribution in [2.75, 3.05) is 20.3 Å². The molecule has 0 saturated carbocycles. The Morgan fingerprint density at radius 1 is 1.10 bits per heavy atom. The van der Waals surface area contributed by atoms with E-state index in [4.69, 9.17) is 14.2 Å². The van der Waals surface area contributed by atoms with Crippen LogP contribution in [-0.2, 0) is 14.3 Å². The molecule has 0 saturated heterocycles. The number of carbonyl (C=O) groups excluding carboxylic acids is 2. The molecule has 1 aromatic heterocycles. The van der Waals surface area contributed by atoms with Crippen LogP contribution >= 0.6 is 0 Å². The number of rotatable bonds is 9. The summed E-state index contributed by atoms with van der Waals surface area (Å²) in [5, 5.41) is 4.49. The zero-order chi connectivity index (χ0) is 22.2. The molecule has 0 aliphatic carbocycles.